The molecule has 1 aliphatic rings. The smallest absolute Gasteiger partial charge is 0.326 e. The van der Waals surface area contributed by atoms with Gasteiger partial charge in [-0.3, -0.25) is 9.69 Å². The van der Waals surface area contributed by atoms with Crippen LogP contribution in [-0.2, 0) is 12.8 Å². The summed E-state index contributed by atoms with van der Waals surface area (Å²) < 4.78 is 5.45. The molecular weight excluding hydrogens is 426 g/mol. The van der Waals surface area contributed by atoms with Gasteiger partial charge in [0.1, 0.15) is 5.75 Å². The molecule has 1 aliphatic heterocycles. The SMILES string of the molecule is CCOc1ccc(CCNC(=O)c2ccc(NC(=O)N3CCCCc4ccccc43)cc2)cc1. The van der Waals surface area contributed by atoms with Gasteiger partial charge in [0.25, 0.3) is 5.91 Å². The zero-order chi connectivity index (χ0) is 23.8. The van der Waals surface area contributed by atoms with Gasteiger partial charge in [0.15, 0.2) is 0 Å². The van der Waals surface area contributed by atoms with E-state index in [4.69, 9.17) is 4.74 Å². The zero-order valence-electron chi connectivity index (χ0n) is 19.5. The zero-order valence-corrected chi connectivity index (χ0v) is 19.5. The van der Waals surface area contributed by atoms with Gasteiger partial charge < -0.3 is 15.4 Å². The lowest BCUT2D eigenvalue weighted by atomic mass is 10.1. The number of urea groups is 1. The normalized spacial score (nSPS) is 12.9. The molecule has 0 atom stereocenters. The molecule has 0 aliphatic carbocycles. The van der Waals surface area contributed by atoms with Crippen molar-refractivity contribution in [2.45, 2.75) is 32.6 Å². The third kappa shape index (κ3) is 5.95. The van der Waals surface area contributed by atoms with E-state index in [1.807, 2.05) is 54.3 Å². The second-order valence-electron chi connectivity index (χ2n) is 8.33. The van der Waals surface area contributed by atoms with Crippen LogP contribution < -0.4 is 20.3 Å². The van der Waals surface area contributed by atoms with Gasteiger partial charge in [-0.15, -0.1) is 0 Å². The Morgan fingerprint density at radius 2 is 1.71 bits per heavy atom. The van der Waals surface area contributed by atoms with Crippen LogP contribution in [0.25, 0.3) is 0 Å². The fourth-order valence-corrected chi connectivity index (χ4v) is 4.14. The number of rotatable bonds is 7. The lowest BCUT2D eigenvalue weighted by molar-refractivity contribution is 0.0954. The lowest BCUT2D eigenvalue weighted by Crippen LogP contribution is -2.35. The average molecular weight is 458 g/mol. The number of nitrogens with zero attached hydrogens (tertiary/aromatic N) is 1. The molecule has 4 rings (SSSR count). The molecule has 0 radical (unpaired) electrons. The summed E-state index contributed by atoms with van der Waals surface area (Å²) in [6.45, 7) is 3.83. The first-order chi connectivity index (χ1) is 16.6. The van der Waals surface area contributed by atoms with Gasteiger partial charge >= 0.3 is 6.03 Å². The molecule has 6 nitrogen and oxygen atoms in total. The van der Waals surface area contributed by atoms with Crippen molar-refractivity contribution in [3.63, 3.8) is 0 Å². The van der Waals surface area contributed by atoms with Gasteiger partial charge in [0, 0.05) is 30.0 Å². The first kappa shape index (κ1) is 23.4. The molecule has 0 saturated carbocycles. The largest absolute Gasteiger partial charge is 0.494 e. The third-order valence-corrected chi connectivity index (χ3v) is 5.94. The number of anilines is 2. The topological polar surface area (TPSA) is 70.7 Å². The number of amides is 3. The van der Waals surface area contributed by atoms with Gasteiger partial charge in [-0.25, -0.2) is 4.79 Å². The van der Waals surface area contributed by atoms with E-state index in [-0.39, 0.29) is 11.9 Å². The van der Waals surface area contributed by atoms with Crippen LogP contribution in [0.3, 0.4) is 0 Å². The van der Waals surface area contributed by atoms with Gasteiger partial charge in [0.05, 0.1) is 6.61 Å². The van der Waals surface area contributed by atoms with Crippen LogP contribution >= 0.6 is 0 Å². The molecule has 0 aromatic heterocycles. The second-order valence-corrected chi connectivity index (χ2v) is 8.33. The minimum Gasteiger partial charge on any atom is -0.494 e. The van der Waals surface area contributed by atoms with Crippen LogP contribution in [0.1, 0.15) is 41.3 Å². The Balaban J connectivity index is 1.29. The van der Waals surface area contributed by atoms with E-state index in [1.165, 1.54) is 5.56 Å². The predicted molar refractivity (Wildman–Crippen MR) is 136 cm³/mol. The van der Waals surface area contributed by atoms with E-state index < -0.39 is 0 Å². The molecule has 0 bridgehead atoms. The van der Waals surface area contributed by atoms with Crippen molar-refractivity contribution in [3.8, 4) is 5.75 Å². The molecule has 0 spiro atoms. The van der Waals surface area contributed by atoms with E-state index >= 15 is 0 Å². The van der Waals surface area contributed by atoms with Crippen molar-refractivity contribution in [3.05, 3.63) is 89.5 Å². The summed E-state index contributed by atoms with van der Waals surface area (Å²) in [7, 11) is 0. The van der Waals surface area contributed by atoms with Crippen LogP contribution in [0.2, 0.25) is 0 Å². The Morgan fingerprint density at radius 1 is 0.941 bits per heavy atom. The molecule has 176 valence electrons. The molecule has 3 amide bonds. The van der Waals surface area contributed by atoms with Crippen LogP contribution in [0.4, 0.5) is 16.2 Å². The minimum absolute atomic E-state index is 0.134. The Kier molecular flexibility index (Phi) is 7.81. The molecule has 3 aromatic carbocycles. The highest BCUT2D eigenvalue weighted by Crippen LogP contribution is 2.26. The Bertz CT molecular complexity index is 1110. The van der Waals surface area contributed by atoms with E-state index in [9.17, 15) is 9.59 Å². The number of carbonyl (C=O) groups is 2. The number of fused-ring (bicyclic) bond motifs is 1. The van der Waals surface area contributed by atoms with Crippen molar-refractivity contribution in [1.29, 1.82) is 0 Å². The van der Waals surface area contributed by atoms with Crippen molar-refractivity contribution in [1.82, 2.24) is 5.32 Å². The first-order valence-corrected chi connectivity index (χ1v) is 11.9. The predicted octanol–water partition coefficient (Wildman–Crippen LogP) is 5.43. The quantitative estimate of drug-likeness (QED) is 0.497. The number of ether oxygens (including phenoxy) is 1. The van der Waals surface area contributed by atoms with E-state index in [0.29, 0.717) is 30.9 Å². The molecule has 3 aromatic rings. The maximum absolute atomic E-state index is 13.0. The van der Waals surface area contributed by atoms with Crippen molar-refractivity contribution >= 4 is 23.3 Å². The number of hydrogen-bond donors (Lipinski definition) is 2. The Morgan fingerprint density at radius 3 is 2.47 bits per heavy atom. The summed E-state index contributed by atoms with van der Waals surface area (Å²) in [5, 5.41) is 5.92. The number of aryl methyl sites for hydroxylation is 1. The minimum atomic E-state index is -0.151. The molecule has 0 saturated heterocycles. The second kappa shape index (κ2) is 11.4. The standard InChI is InChI=1S/C28H31N3O3/c1-2-34-25-16-10-21(11-17-25)18-19-29-27(32)23-12-14-24(15-13-23)30-28(33)31-20-6-5-8-22-7-3-4-9-26(22)31/h3-4,7,9-17H,2,5-6,8,18-20H2,1H3,(H,29,32)(H,30,33). The first-order valence-electron chi connectivity index (χ1n) is 11.9. The molecule has 0 fully saturated rings. The summed E-state index contributed by atoms with van der Waals surface area (Å²) in [6.07, 6.45) is 3.77. The summed E-state index contributed by atoms with van der Waals surface area (Å²) in [4.78, 5) is 27.3. The highest BCUT2D eigenvalue weighted by Gasteiger charge is 2.21. The molecule has 6 heteroatoms. The fourth-order valence-electron chi connectivity index (χ4n) is 4.14. The van der Waals surface area contributed by atoms with E-state index in [0.717, 1.165) is 42.7 Å². The van der Waals surface area contributed by atoms with Crippen molar-refractivity contribution in [2.24, 2.45) is 0 Å². The Hall–Kier alpha value is -3.80. The summed E-state index contributed by atoms with van der Waals surface area (Å²) in [5.41, 5.74) is 4.54. The Labute approximate surface area is 200 Å². The van der Waals surface area contributed by atoms with Crippen LogP contribution in [0.15, 0.2) is 72.8 Å². The van der Waals surface area contributed by atoms with Crippen molar-refractivity contribution < 1.29 is 14.3 Å². The lowest BCUT2D eigenvalue weighted by Gasteiger charge is -2.23. The highest BCUT2D eigenvalue weighted by atomic mass is 16.5. The van der Waals surface area contributed by atoms with Gasteiger partial charge in [0.2, 0.25) is 0 Å². The van der Waals surface area contributed by atoms with Crippen LogP contribution in [-0.4, -0.2) is 31.6 Å². The number of para-hydroxylation sites is 1. The molecular formula is C28H31N3O3. The molecule has 2 N–H and O–H groups in total. The highest BCUT2D eigenvalue weighted by molar-refractivity contribution is 6.02. The number of nitrogens with one attached hydrogen (secondary N) is 2. The molecule has 1 heterocycles. The summed E-state index contributed by atoms with van der Waals surface area (Å²) in [5.74, 6) is 0.716. The third-order valence-electron chi connectivity index (χ3n) is 5.94. The van der Waals surface area contributed by atoms with Crippen LogP contribution in [0, 0.1) is 0 Å². The number of hydrogen-bond acceptors (Lipinski definition) is 3. The summed E-state index contributed by atoms with van der Waals surface area (Å²) >= 11 is 0. The summed E-state index contributed by atoms with van der Waals surface area (Å²) in [6, 6.07) is 22.8. The molecule has 34 heavy (non-hydrogen) atoms. The van der Waals surface area contributed by atoms with Crippen LogP contribution in [0.5, 0.6) is 5.75 Å². The fraction of sp³-hybridized carbons (Fsp3) is 0.286. The number of carbonyl (C=O) groups excluding carboxylic acids is 2. The van der Waals surface area contributed by atoms with Gasteiger partial charge in [-0.1, -0.05) is 30.3 Å². The maximum Gasteiger partial charge on any atom is 0.326 e. The molecule has 0 unspecified atom stereocenters. The number of benzene rings is 3. The van der Waals surface area contributed by atoms with E-state index in [2.05, 4.69) is 16.7 Å². The maximum atomic E-state index is 13.0. The van der Waals surface area contributed by atoms with Gasteiger partial charge in [-0.05, 0) is 86.2 Å². The van der Waals surface area contributed by atoms with E-state index in [1.54, 1.807) is 24.3 Å². The van der Waals surface area contributed by atoms with Gasteiger partial charge in [-0.2, -0.15) is 0 Å². The van der Waals surface area contributed by atoms with Crippen molar-refractivity contribution in [2.75, 3.05) is 29.9 Å². The monoisotopic (exact) mass is 457 g/mol. The average Bonchev–Trinajstić information content (AvgIpc) is 3.08.